The van der Waals surface area contributed by atoms with Crippen LogP contribution < -0.4 is 0 Å². The van der Waals surface area contributed by atoms with E-state index in [1.54, 1.807) is 6.20 Å². The number of benzene rings is 1. The van der Waals surface area contributed by atoms with Crippen molar-refractivity contribution in [2.75, 3.05) is 0 Å². The summed E-state index contributed by atoms with van der Waals surface area (Å²) in [6.45, 7) is 6.15. The van der Waals surface area contributed by atoms with Gasteiger partial charge in [0.25, 0.3) is 0 Å². The molecule has 0 aliphatic carbocycles. The summed E-state index contributed by atoms with van der Waals surface area (Å²) in [5.41, 5.74) is 5.12. The zero-order valence-electron chi connectivity index (χ0n) is 10.7. The number of aliphatic hydroxyl groups excluding tert-OH is 1. The Kier molecular flexibility index (Phi) is 3.83. The molecule has 2 aromatic rings. The van der Waals surface area contributed by atoms with E-state index in [-0.39, 0.29) is 0 Å². The Labute approximate surface area is 116 Å². The maximum atomic E-state index is 10.4. The van der Waals surface area contributed by atoms with Crippen molar-refractivity contribution in [1.82, 2.24) is 4.98 Å². The van der Waals surface area contributed by atoms with Crippen LogP contribution in [0.2, 0.25) is 0 Å². The molecule has 0 bridgehead atoms. The molecule has 1 N–H and O–H groups in total. The first-order valence-electron chi connectivity index (χ1n) is 5.86. The van der Waals surface area contributed by atoms with Crippen molar-refractivity contribution in [3.05, 3.63) is 62.9 Å². The molecule has 1 aromatic heterocycles. The number of rotatable bonds is 2. The zero-order valence-corrected chi connectivity index (χ0v) is 12.3. The predicted octanol–water partition coefficient (Wildman–Crippen LogP) is 3.85. The minimum Gasteiger partial charge on any atom is -0.382 e. The number of aliphatic hydroxyl groups is 1. The molecule has 0 aliphatic rings. The van der Waals surface area contributed by atoms with Gasteiger partial charge in [0.1, 0.15) is 6.10 Å². The number of nitrogens with zero attached hydrogens (tertiary/aromatic N) is 1. The van der Waals surface area contributed by atoms with Crippen molar-refractivity contribution < 1.29 is 5.11 Å². The summed E-state index contributed by atoms with van der Waals surface area (Å²) in [7, 11) is 0. The molecule has 2 rings (SSSR count). The van der Waals surface area contributed by atoms with Crippen molar-refractivity contribution in [3.63, 3.8) is 0 Å². The van der Waals surface area contributed by atoms with Crippen molar-refractivity contribution >= 4 is 15.9 Å². The second kappa shape index (κ2) is 5.21. The second-order valence-electron chi connectivity index (χ2n) is 4.60. The maximum Gasteiger partial charge on any atom is 0.121 e. The van der Waals surface area contributed by atoms with Gasteiger partial charge >= 0.3 is 0 Å². The Hall–Kier alpha value is -1.19. The predicted molar refractivity (Wildman–Crippen MR) is 76.7 cm³/mol. The van der Waals surface area contributed by atoms with E-state index in [0.29, 0.717) is 5.69 Å². The minimum atomic E-state index is -0.669. The van der Waals surface area contributed by atoms with Gasteiger partial charge in [-0.05, 0) is 71.1 Å². The Balaban J connectivity index is 2.42. The number of pyridine rings is 1. The Morgan fingerprint density at radius 3 is 2.33 bits per heavy atom. The second-order valence-corrected chi connectivity index (χ2v) is 5.51. The van der Waals surface area contributed by atoms with Crippen LogP contribution in [0.4, 0.5) is 0 Å². The molecule has 0 saturated heterocycles. The van der Waals surface area contributed by atoms with Gasteiger partial charge in [-0.3, -0.25) is 4.98 Å². The van der Waals surface area contributed by atoms with Crippen molar-refractivity contribution in [3.8, 4) is 0 Å². The molecule has 0 fully saturated rings. The van der Waals surface area contributed by atoms with Gasteiger partial charge in [-0.1, -0.05) is 12.1 Å². The molecule has 1 heterocycles. The summed E-state index contributed by atoms with van der Waals surface area (Å²) in [4.78, 5) is 4.25. The van der Waals surface area contributed by atoms with E-state index in [4.69, 9.17) is 0 Å². The Morgan fingerprint density at radius 1 is 1.06 bits per heavy atom. The van der Waals surface area contributed by atoms with Crippen LogP contribution in [0.1, 0.15) is 34.1 Å². The number of aromatic nitrogens is 1. The van der Waals surface area contributed by atoms with Crippen molar-refractivity contribution in [2.45, 2.75) is 26.9 Å². The molecule has 0 radical (unpaired) electrons. The lowest BCUT2D eigenvalue weighted by molar-refractivity contribution is 0.214. The minimum absolute atomic E-state index is 0.669. The standard InChI is InChI=1S/C15H16BrNO/c1-9-6-11(3)13(7-10(9)2)15(18)14-5-4-12(16)8-17-14/h4-8,15,18H,1-3H3. The highest BCUT2D eigenvalue weighted by Gasteiger charge is 2.15. The topological polar surface area (TPSA) is 33.1 Å². The van der Waals surface area contributed by atoms with Gasteiger partial charge in [0.05, 0.1) is 5.69 Å². The number of hydrogen-bond donors (Lipinski definition) is 1. The van der Waals surface area contributed by atoms with Gasteiger partial charge in [-0.2, -0.15) is 0 Å². The first-order valence-corrected chi connectivity index (χ1v) is 6.65. The summed E-state index contributed by atoms with van der Waals surface area (Å²) in [5, 5.41) is 10.4. The fourth-order valence-corrected chi connectivity index (χ4v) is 2.22. The fourth-order valence-electron chi connectivity index (χ4n) is 1.99. The first kappa shape index (κ1) is 13.2. The third-order valence-corrected chi connectivity index (χ3v) is 3.68. The summed E-state index contributed by atoms with van der Waals surface area (Å²) in [6.07, 6.45) is 1.03. The van der Waals surface area contributed by atoms with E-state index in [1.807, 2.05) is 25.1 Å². The van der Waals surface area contributed by atoms with Crippen LogP contribution in [-0.2, 0) is 0 Å². The smallest absolute Gasteiger partial charge is 0.121 e. The van der Waals surface area contributed by atoms with Crippen LogP contribution in [0.5, 0.6) is 0 Å². The SMILES string of the molecule is Cc1cc(C)c(C(O)c2ccc(Br)cn2)cc1C. The fraction of sp³-hybridized carbons (Fsp3) is 0.267. The average Bonchev–Trinajstić information content (AvgIpc) is 2.34. The highest BCUT2D eigenvalue weighted by molar-refractivity contribution is 9.10. The molecule has 0 amide bonds. The van der Waals surface area contributed by atoms with Crippen molar-refractivity contribution in [1.29, 1.82) is 0 Å². The van der Waals surface area contributed by atoms with Gasteiger partial charge in [-0.15, -0.1) is 0 Å². The van der Waals surface area contributed by atoms with Gasteiger partial charge in [0.2, 0.25) is 0 Å². The molecule has 18 heavy (non-hydrogen) atoms. The first-order chi connectivity index (χ1) is 8.49. The van der Waals surface area contributed by atoms with Gasteiger partial charge in [0, 0.05) is 10.7 Å². The highest BCUT2D eigenvalue weighted by Crippen LogP contribution is 2.26. The van der Waals surface area contributed by atoms with Gasteiger partial charge < -0.3 is 5.11 Å². The highest BCUT2D eigenvalue weighted by atomic mass is 79.9. The monoisotopic (exact) mass is 305 g/mol. The molecule has 0 saturated carbocycles. The quantitative estimate of drug-likeness (QED) is 0.914. The Morgan fingerprint density at radius 2 is 1.72 bits per heavy atom. The third kappa shape index (κ3) is 2.62. The molecule has 0 aliphatic heterocycles. The van der Waals surface area contributed by atoms with E-state index in [2.05, 4.69) is 40.8 Å². The van der Waals surface area contributed by atoms with Crippen LogP contribution in [0.25, 0.3) is 0 Å². The largest absolute Gasteiger partial charge is 0.382 e. The molecule has 2 nitrogen and oxygen atoms in total. The zero-order chi connectivity index (χ0) is 13.3. The van der Waals surface area contributed by atoms with Crippen LogP contribution >= 0.6 is 15.9 Å². The molecule has 1 aromatic carbocycles. The molecule has 3 heteroatoms. The van der Waals surface area contributed by atoms with E-state index < -0.39 is 6.10 Å². The van der Waals surface area contributed by atoms with Crippen LogP contribution in [-0.4, -0.2) is 10.1 Å². The Bertz CT molecular complexity index is 563. The molecule has 1 unspecified atom stereocenters. The van der Waals surface area contributed by atoms with Crippen LogP contribution in [0.15, 0.2) is 34.9 Å². The lowest BCUT2D eigenvalue weighted by atomic mass is 9.95. The number of hydrogen-bond acceptors (Lipinski definition) is 2. The molecule has 94 valence electrons. The van der Waals surface area contributed by atoms with Crippen LogP contribution in [0.3, 0.4) is 0 Å². The molecule has 0 spiro atoms. The van der Waals surface area contributed by atoms with E-state index in [1.165, 1.54) is 11.1 Å². The third-order valence-electron chi connectivity index (χ3n) is 3.21. The van der Waals surface area contributed by atoms with E-state index >= 15 is 0 Å². The molecular formula is C15H16BrNO. The van der Waals surface area contributed by atoms with Gasteiger partial charge in [0.15, 0.2) is 0 Å². The average molecular weight is 306 g/mol. The van der Waals surface area contributed by atoms with Gasteiger partial charge in [-0.25, -0.2) is 0 Å². The summed E-state index contributed by atoms with van der Waals surface area (Å²) in [5.74, 6) is 0. The summed E-state index contributed by atoms with van der Waals surface area (Å²) >= 11 is 3.34. The lowest BCUT2D eigenvalue weighted by Crippen LogP contribution is -2.05. The van der Waals surface area contributed by atoms with Crippen molar-refractivity contribution in [2.24, 2.45) is 0 Å². The van der Waals surface area contributed by atoms with E-state index in [9.17, 15) is 5.11 Å². The van der Waals surface area contributed by atoms with E-state index in [0.717, 1.165) is 15.6 Å². The maximum absolute atomic E-state index is 10.4. The molecular weight excluding hydrogens is 290 g/mol. The number of aryl methyl sites for hydroxylation is 3. The normalized spacial score (nSPS) is 12.5. The van der Waals surface area contributed by atoms with Crippen LogP contribution in [0, 0.1) is 20.8 Å². The summed E-state index contributed by atoms with van der Waals surface area (Å²) < 4.78 is 0.912. The lowest BCUT2D eigenvalue weighted by Gasteiger charge is -2.15. The number of halogens is 1. The summed E-state index contributed by atoms with van der Waals surface area (Å²) in [6, 6.07) is 7.87. The molecule has 1 atom stereocenters.